The van der Waals surface area contributed by atoms with E-state index < -0.39 is 67.6 Å². The molecule has 48 heavy (non-hydrogen) atoms. The number of halogens is 2. The standard InChI is InChI=1S/C24H16Cl2N6O10S3.3Na/c25-23-28-19(29-24(26)30-23)10-27-12-4-5-13-11(8-12)9-18(44(37,38)39)20(21(13)33)32-31-16-7-6-14-15(22(16)45(40,41)42)2-1-3-17(14)43(34,35)36;;;/h1-9,27,33H,10H2,(H,34,35,36)(H,37,38,39)(H,40,41,42);;;/q;3*+1/p-3. The Labute approximate surface area is 348 Å². The van der Waals surface area contributed by atoms with Gasteiger partial charge in [0.05, 0.1) is 22.0 Å². The van der Waals surface area contributed by atoms with Crippen LogP contribution < -0.4 is 99.1 Å². The van der Waals surface area contributed by atoms with Gasteiger partial charge in [-0.3, -0.25) is 4.55 Å². The number of anilines is 1. The van der Waals surface area contributed by atoms with Crippen LogP contribution in [0.3, 0.4) is 0 Å². The molecule has 24 heteroatoms. The Bertz CT molecular complexity index is 2400. The largest absolute Gasteiger partial charge is 1.00 e. The van der Waals surface area contributed by atoms with Gasteiger partial charge < -0.3 is 19.5 Å². The van der Waals surface area contributed by atoms with Gasteiger partial charge in [0.15, 0.2) is 5.82 Å². The first kappa shape index (κ1) is 43.1. The van der Waals surface area contributed by atoms with Crippen LogP contribution in [-0.2, 0) is 36.9 Å². The number of benzene rings is 4. The van der Waals surface area contributed by atoms with E-state index in [4.69, 9.17) is 23.2 Å². The quantitative estimate of drug-likeness (QED) is 0.0846. The van der Waals surface area contributed by atoms with Crippen LogP contribution in [0.2, 0.25) is 10.6 Å². The Balaban J connectivity index is 0.00000267. The van der Waals surface area contributed by atoms with Gasteiger partial charge in [-0.25, -0.2) is 26.8 Å². The van der Waals surface area contributed by atoms with Crippen molar-refractivity contribution in [1.29, 1.82) is 0 Å². The second-order valence-electron chi connectivity index (χ2n) is 8.98. The first-order valence-electron chi connectivity index (χ1n) is 11.9. The molecule has 0 aliphatic heterocycles. The minimum absolute atomic E-state index is 0. The molecule has 0 radical (unpaired) electrons. The molecule has 1 heterocycles. The van der Waals surface area contributed by atoms with E-state index >= 15 is 0 Å². The molecule has 0 unspecified atom stereocenters. The van der Waals surface area contributed by atoms with Crippen molar-refractivity contribution in [2.75, 3.05) is 5.32 Å². The zero-order valence-corrected chi connectivity index (χ0v) is 34.7. The SMILES string of the molecule is O=S(=O)([O-])c1cc2cc(NCc3nc(Cl)nc(Cl)n3)ccc2c([O-])c1N=Nc1ccc2c(S(=O)(=O)[O-])cccc2c1S(=O)(=O)O.[Na+].[Na+].[Na+]. The van der Waals surface area contributed by atoms with E-state index in [0.29, 0.717) is 5.69 Å². The third kappa shape index (κ3) is 9.62. The Kier molecular flexibility index (Phi) is 14.8. The summed E-state index contributed by atoms with van der Waals surface area (Å²) in [6, 6.07) is 9.84. The minimum Gasteiger partial charge on any atom is -0.871 e. The monoisotopic (exact) mass is 780 g/mol. The van der Waals surface area contributed by atoms with Crippen LogP contribution in [-0.4, -0.2) is 53.9 Å². The predicted molar refractivity (Wildman–Crippen MR) is 154 cm³/mol. The van der Waals surface area contributed by atoms with Crippen LogP contribution in [0.15, 0.2) is 79.5 Å². The molecule has 234 valence electrons. The molecular formula is C24H13Cl2N6Na3O10S3. The van der Waals surface area contributed by atoms with Gasteiger partial charge >= 0.3 is 88.7 Å². The number of nitrogens with one attached hydrogen (secondary N) is 1. The summed E-state index contributed by atoms with van der Waals surface area (Å²) in [6.07, 6.45) is 0. The van der Waals surface area contributed by atoms with E-state index in [2.05, 4.69) is 30.5 Å². The van der Waals surface area contributed by atoms with Crippen LogP contribution in [0.1, 0.15) is 5.82 Å². The fourth-order valence-corrected chi connectivity index (χ4v) is 6.88. The topological polar surface area (TPSA) is 267 Å². The first-order valence-corrected chi connectivity index (χ1v) is 16.9. The van der Waals surface area contributed by atoms with Crippen molar-refractivity contribution in [2.24, 2.45) is 10.2 Å². The molecule has 5 aromatic rings. The van der Waals surface area contributed by atoms with E-state index in [9.17, 15) is 44.0 Å². The molecule has 4 aromatic carbocycles. The number of fused-ring (bicyclic) bond motifs is 2. The summed E-state index contributed by atoms with van der Waals surface area (Å²) in [5, 5.41) is 22.2. The van der Waals surface area contributed by atoms with E-state index in [1.54, 1.807) is 0 Å². The first-order chi connectivity index (χ1) is 20.9. The molecule has 0 saturated heterocycles. The fraction of sp³-hybridized carbons (Fsp3) is 0.0417. The molecule has 0 saturated carbocycles. The Hall–Kier alpha value is -1.08. The third-order valence-corrected chi connectivity index (χ3v) is 9.14. The molecule has 1 aromatic heterocycles. The summed E-state index contributed by atoms with van der Waals surface area (Å²) in [5.74, 6) is -0.908. The molecular weight excluding hydrogens is 768 g/mol. The molecule has 0 aliphatic carbocycles. The molecule has 16 nitrogen and oxygen atoms in total. The van der Waals surface area contributed by atoms with Crippen molar-refractivity contribution in [3.8, 4) is 5.75 Å². The summed E-state index contributed by atoms with van der Waals surface area (Å²) < 4.78 is 106. The average Bonchev–Trinajstić information content (AvgIpc) is 2.92. The van der Waals surface area contributed by atoms with Gasteiger partial charge in [-0.1, -0.05) is 30.0 Å². The molecule has 0 bridgehead atoms. The van der Waals surface area contributed by atoms with Gasteiger partial charge in [-0.15, -0.1) is 10.2 Å². The van der Waals surface area contributed by atoms with Crippen LogP contribution in [0.25, 0.3) is 21.5 Å². The van der Waals surface area contributed by atoms with Crippen LogP contribution in [0.4, 0.5) is 17.1 Å². The molecule has 5 rings (SSSR count). The molecule has 0 amide bonds. The molecule has 0 spiro atoms. The van der Waals surface area contributed by atoms with Crippen molar-refractivity contribution in [1.82, 2.24) is 15.0 Å². The molecule has 0 atom stereocenters. The van der Waals surface area contributed by atoms with Gasteiger partial charge in [0, 0.05) is 16.5 Å². The van der Waals surface area contributed by atoms with E-state index in [1.807, 2.05) is 0 Å². The van der Waals surface area contributed by atoms with Crippen LogP contribution >= 0.6 is 23.2 Å². The maximum Gasteiger partial charge on any atom is 1.00 e. The Morgan fingerprint density at radius 2 is 1.35 bits per heavy atom. The average molecular weight is 781 g/mol. The van der Waals surface area contributed by atoms with Crippen molar-refractivity contribution in [3.63, 3.8) is 0 Å². The number of azo groups is 1. The summed E-state index contributed by atoms with van der Waals surface area (Å²) >= 11 is 11.5. The van der Waals surface area contributed by atoms with Gasteiger partial charge in [-0.05, 0) is 64.3 Å². The molecule has 2 N–H and O–H groups in total. The zero-order valence-electron chi connectivity index (χ0n) is 24.7. The van der Waals surface area contributed by atoms with E-state index in [-0.39, 0.29) is 128 Å². The number of hydrogen-bond acceptors (Lipinski definition) is 15. The number of hydrogen-bond donors (Lipinski definition) is 2. The summed E-state index contributed by atoms with van der Waals surface area (Å²) in [5.41, 5.74) is -1.30. The van der Waals surface area contributed by atoms with Crippen molar-refractivity contribution in [3.05, 3.63) is 71.0 Å². The summed E-state index contributed by atoms with van der Waals surface area (Å²) in [7, 11) is -15.6. The molecule has 0 aliphatic rings. The normalized spacial score (nSPS) is 11.9. The maximum absolute atomic E-state index is 13.3. The van der Waals surface area contributed by atoms with Crippen molar-refractivity contribution < 1.29 is 133 Å². The smallest absolute Gasteiger partial charge is 0.871 e. The Morgan fingerprint density at radius 1 is 0.750 bits per heavy atom. The zero-order chi connectivity index (χ0) is 32.9. The van der Waals surface area contributed by atoms with E-state index in [1.165, 1.54) is 18.2 Å². The molecule has 0 fully saturated rings. The second kappa shape index (κ2) is 16.5. The van der Waals surface area contributed by atoms with Gasteiger partial charge in [0.1, 0.15) is 30.8 Å². The number of aromatic nitrogens is 3. The van der Waals surface area contributed by atoms with Crippen LogP contribution in [0.5, 0.6) is 5.75 Å². The summed E-state index contributed by atoms with van der Waals surface area (Å²) in [4.78, 5) is 8.53. The number of rotatable bonds is 8. The van der Waals surface area contributed by atoms with Crippen molar-refractivity contribution in [2.45, 2.75) is 21.2 Å². The van der Waals surface area contributed by atoms with Gasteiger partial charge in [0.25, 0.3) is 10.1 Å². The second-order valence-corrected chi connectivity index (χ2v) is 13.7. The van der Waals surface area contributed by atoms with Gasteiger partial charge in [-0.2, -0.15) is 13.4 Å². The Morgan fingerprint density at radius 3 is 1.94 bits per heavy atom. The maximum atomic E-state index is 13.3. The third-order valence-electron chi connectivity index (χ3n) is 6.11. The fourth-order valence-electron chi connectivity index (χ4n) is 4.32. The minimum atomic E-state index is -5.37. The number of nitrogens with zero attached hydrogens (tertiary/aromatic N) is 5. The predicted octanol–water partition coefficient (Wildman–Crippen LogP) is -5.35. The van der Waals surface area contributed by atoms with E-state index in [0.717, 1.165) is 36.4 Å². The van der Waals surface area contributed by atoms with Crippen LogP contribution in [0, 0.1) is 0 Å². The van der Waals surface area contributed by atoms with Gasteiger partial charge in [0.2, 0.25) is 10.6 Å². The van der Waals surface area contributed by atoms with Crippen molar-refractivity contribution >= 4 is 92.2 Å². The summed E-state index contributed by atoms with van der Waals surface area (Å²) in [6.45, 7) is -0.0131.